The normalized spacial score (nSPS) is 20.1. The summed E-state index contributed by atoms with van der Waals surface area (Å²) in [6.07, 6.45) is -3.80. The second-order valence-electron chi connectivity index (χ2n) is 22.2. The maximum atomic E-state index is 15.7. The van der Waals surface area contributed by atoms with Gasteiger partial charge >= 0.3 is 6.09 Å². The number of nitrogens with one attached hydrogen (secondary N) is 3. The van der Waals surface area contributed by atoms with Crippen molar-refractivity contribution in [1.82, 2.24) is 60.6 Å². The molecule has 6 amide bonds. The number of Topliss-reactive ketones (excluding diaryl/α,β-unsaturated/α-hetero) is 1. The number of hydrogen-bond acceptors (Lipinski definition) is 26. The Labute approximate surface area is 554 Å². The first kappa shape index (κ1) is 64.3. The molecule has 3 aliphatic heterocycles. The quantitative estimate of drug-likeness (QED) is 0.0454. The highest BCUT2D eigenvalue weighted by atomic mass is 32.1. The fraction of sp³-hybridized carbons (Fsp3) is 0.311. The number of alkyl carbamates (subject to hydrolysis) is 1. The number of fused-ring (bicyclic) bond motifs is 16. The van der Waals surface area contributed by atoms with Crippen molar-refractivity contribution in [3.63, 3.8) is 0 Å². The van der Waals surface area contributed by atoms with E-state index in [9.17, 15) is 39.0 Å². The number of phenols is 1. The molecule has 2 saturated heterocycles. The second kappa shape index (κ2) is 27.8. The van der Waals surface area contributed by atoms with E-state index in [0.717, 1.165) is 58.4 Å². The van der Waals surface area contributed by atoms with Crippen LogP contribution < -0.4 is 33.2 Å². The van der Waals surface area contributed by atoms with Gasteiger partial charge in [0.1, 0.15) is 82.8 Å². The number of nitrogens with two attached hydrogens (primary N) is 3. The van der Waals surface area contributed by atoms with Crippen LogP contribution in [-0.4, -0.2) is 154 Å². The van der Waals surface area contributed by atoms with Crippen LogP contribution in [-0.2, 0) is 25.5 Å². The second-order valence-corrected chi connectivity index (χ2v) is 27.8. The Hall–Kier alpha value is -8.86. The van der Waals surface area contributed by atoms with Crippen molar-refractivity contribution in [2.45, 2.75) is 69.4 Å². The number of morpholine rings is 1. The van der Waals surface area contributed by atoms with Gasteiger partial charge in [-0.05, 0) is 42.3 Å². The minimum atomic E-state index is -1.35. The van der Waals surface area contributed by atoms with Crippen molar-refractivity contribution >= 4 is 115 Å². The summed E-state index contributed by atoms with van der Waals surface area (Å²) in [5.74, 6) is -5.88. The van der Waals surface area contributed by atoms with Crippen LogP contribution >= 0.6 is 68.0 Å². The van der Waals surface area contributed by atoms with E-state index in [4.69, 9.17) is 56.6 Å². The molecule has 0 unspecified atom stereocenters. The predicted molar refractivity (Wildman–Crippen MR) is 350 cm³/mol. The van der Waals surface area contributed by atoms with Crippen LogP contribution in [0.4, 0.5) is 10.5 Å². The summed E-state index contributed by atoms with van der Waals surface area (Å²) < 4.78 is 11.6. The third kappa shape index (κ3) is 14.2. The number of carbonyl (C=O) groups is 7. The molecule has 93 heavy (non-hydrogen) atoms. The molecule has 7 atom stereocenters. The average Bonchev–Trinajstić information content (AvgIpc) is 1.66. The molecular formula is C61H59N15O11S6. The van der Waals surface area contributed by atoms with Crippen LogP contribution in [0, 0.1) is 12.8 Å². The van der Waals surface area contributed by atoms with Crippen molar-refractivity contribution in [2.24, 2.45) is 17.4 Å². The monoisotopic (exact) mass is 1370 g/mol. The number of ether oxygens (including phenoxy) is 2. The Morgan fingerprint density at radius 1 is 0.753 bits per heavy atom. The summed E-state index contributed by atoms with van der Waals surface area (Å²) in [7, 11) is 0. The number of aryl methyl sites for hydroxylation is 1. The predicted octanol–water partition coefficient (Wildman–Crippen LogP) is 6.92. The Kier molecular flexibility index (Phi) is 19.2. The number of aliphatic hydroxyl groups is 1. The zero-order valence-corrected chi connectivity index (χ0v) is 54.4. The van der Waals surface area contributed by atoms with Gasteiger partial charge in [-0.1, -0.05) is 43.3 Å². The van der Waals surface area contributed by atoms with Crippen molar-refractivity contribution in [1.29, 1.82) is 0 Å². The largest absolute Gasteiger partial charge is 0.506 e. The maximum absolute atomic E-state index is 15.7. The number of thiazole rings is 6. The topological polar surface area (TPSA) is 389 Å². The molecule has 0 saturated carbocycles. The van der Waals surface area contributed by atoms with E-state index >= 15 is 4.79 Å². The smallest absolute Gasteiger partial charge is 0.407 e. The summed E-state index contributed by atoms with van der Waals surface area (Å²) in [6.45, 7) is 6.85. The number of aromatic hydroxyl groups is 1. The van der Waals surface area contributed by atoms with Crippen molar-refractivity contribution in [2.75, 3.05) is 51.7 Å². The van der Waals surface area contributed by atoms with E-state index in [0.29, 0.717) is 90.7 Å². The van der Waals surface area contributed by atoms with Crippen LogP contribution in [0.15, 0.2) is 87.6 Å². The number of ketones is 1. The van der Waals surface area contributed by atoms with Crippen LogP contribution in [0.25, 0.3) is 43.4 Å². The summed E-state index contributed by atoms with van der Waals surface area (Å²) in [5, 5.41) is 41.4. The van der Waals surface area contributed by atoms with E-state index in [1.165, 1.54) is 55.8 Å². The lowest BCUT2D eigenvalue weighted by molar-refractivity contribution is -0.134. The summed E-state index contributed by atoms with van der Waals surface area (Å²) in [6, 6.07) is 13.2. The summed E-state index contributed by atoms with van der Waals surface area (Å²) in [5.41, 5.74) is 20.4. The van der Waals surface area contributed by atoms with Gasteiger partial charge < -0.3 is 57.7 Å². The molecule has 0 aliphatic carbocycles. The van der Waals surface area contributed by atoms with Gasteiger partial charge in [-0.15, -0.1) is 68.0 Å². The molecule has 32 heteroatoms. The van der Waals surface area contributed by atoms with Gasteiger partial charge in [0.05, 0.1) is 60.8 Å². The molecular weight excluding hydrogens is 1310 g/mol. The van der Waals surface area contributed by atoms with E-state index in [-0.39, 0.29) is 63.6 Å². The summed E-state index contributed by atoms with van der Waals surface area (Å²) in [4.78, 5) is 136. The van der Waals surface area contributed by atoms with Crippen molar-refractivity contribution in [3.8, 4) is 49.1 Å². The van der Waals surface area contributed by atoms with Gasteiger partial charge in [0.2, 0.25) is 11.8 Å². The summed E-state index contributed by atoms with van der Waals surface area (Å²) >= 11 is 6.90. The van der Waals surface area contributed by atoms with Crippen LogP contribution in [0.1, 0.15) is 117 Å². The lowest BCUT2D eigenvalue weighted by atomic mass is 9.90. The zero-order chi connectivity index (χ0) is 65.2. The van der Waals surface area contributed by atoms with E-state index < -0.39 is 90.0 Å². The van der Waals surface area contributed by atoms with E-state index in [1.54, 1.807) is 66.2 Å². The number of benzene rings is 2. The van der Waals surface area contributed by atoms with Crippen LogP contribution in [0.2, 0.25) is 0 Å². The highest BCUT2D eigenvalue weighted by molar-refractivity contribution is 7.15. The molecule has 480 valence electrons. The first-order valence-electron chi connectivity index (χ1n) is 29.2. The number of anilines is 1. The Morgan fingerprint density at radius 3 is 2.18 bits per heavy atom. The van der Waals surface area contributed by atoms with Crippen molar-refractivity contribution < 1.29 is 53.2 Å². The fourth-order valence-corrected chi connectivity index (χ4v) is 16.5. The van der Waals surface area contributed by atoms with Gasteiger partial charge in [0.15, 0.2) is 5.78 Å². The van der Waals surface area contributed by atoms with Crippen molar-refractivity contribution in [3.05, 3.63) is 141 Å². The lowest BCUT2D eigenvalue weighted by Gasteiger charge is -2.29. The highest BCUT2D eigenvalue weighted by Gasteiger charge is 2.48. The number of aliphatic hydroxyl groups excluding tert-OH is 1. The van der Waals surface area contributed by atoms with Gasteiger partial charge in [-0.25, -0.2) is 39.7 Å². The van der Waals surface area contributed by atoms with Crippen LogP contribution in [0.5, 0.6) is 5.75 Å². The number of carbonyl (C=O) groups excluding carboxylic acids is 7. The number of rotatable bonds is 12. The number of nitrogens with zero attached hydrogens (tertiary/aromatic N) is 9. The zero-order valence-electron chi connectivity index (χ0n) is 49.5. The number of pyridine rings is 1. The van der Waals surface area contributed by atoms with E-state index in [1.807, 2.05) is 6.92 Å². The number of amides is 6. The number of phenolic OH excluding ortho intramolecular Hbond substituents is 1. The first-order valence-corrected chi connectivity index (χ1v) is 34.4. The molecule has 2 fully saturated rings. The van der Waals surface area contributed by atoms with E-state index in [2.05, 4.69) is 25.8 Å². The molecule has 0 radical (unpaired) electrons. The fourth-order valence-electron chi connectivity index (χ4n) is 11.1. The SMILES string of the molecule is Cc1sc2nc1C(=O)C[C@@H]([C@H](O)c1ccccc1)c1nc(cs1)C(=O)N[C@@H](Cc1ccc(O)c(N)c1)C(=O)N1C[C@H](OC(=O)NCCN3CCOCC3)[C@H](C)[C@H]1c1nc(cs1)-c1nc(cs1)-c1nc(-c3nc(C(N)=O)cs3)ccc1-c1nc(cs1)C(=O)N[C@H]2CC(N)=O. The first-order chi connectivity index (χ1) is 44.8. The average molecular weight is 1370 g/mol. The third-order valence-electron chi connectivity index (χ3n) is 15.9. The van der Waals surface area contributed by atoms with Crippen LogP contribution in [0.3, 0.4) is 0 Å². The molecule has 11 N–H and O–H groups in total. The van der Waals surface area contributed by atoms with Gasteiger partial charge in [-0.2, -0.15) is 0 Å². The minimum absolute atomic E-state index is 0.00681. The number of nitrogen functional groups attached to an aromatic ring is 1. The highest BCUT2D eigenvalue weighted by Crippen LogP contribution is 2.44. The van der Waals surface area contributed by atoms with Gasteiger partial charge in [0.25, 0.3) is 17.7 Å². The lowest BCUT2D eigenvalue weighted by Crippen LogP contribution is -2.50. The molecule has 9 aromatic rings. The Balaban J connectivity index is 0.958. The van der Waals surface area contributed by atoms with Gasteiger partial charge in [0, 0.05) is 88.2 Å². The molecule has 10 bridgehead atoms. The molecule has 3 aliphatic rings. The molecule has 12 rings (SSSR count). The third-order valence-corrected chi connectivity index (χ3v) is 21.5. The molecule has 2 aromatic carbocycles. The number of primary amides is 2. The molecule has 0 spiro atoms. The maximum Gasteiger partial charge on any atom is 0.407 e. The Morgan fingerprint density at radius 2 is 1.43 bits per heavy atom. The number of aromatic nitrogens is 7. The molecule has 26 nitrogen and oxygen atoms in total. The number of hydrogen-bond donors (Lipinski definition) is 8. The van der Waals surface area contributed by atoms with Gasteiger partial charge in [-0.3, -0.25) is 33.7 Å². The Bertz CT molecular complexity index is 4310. The molecule has 10 heterocycles. The standard InChI is InChI=1S/C61H59N15O11S6/c1-28-45(87-61(85)65-12-13-75-14-16-86-17-15-75)22-76-49(28)59-73-42(27-92-59)57-69-38(23-90-57)48-32(9-10-35(66-48)56-70-39(24-91-56)51(64)81)54-71-40(25-88-54)52(82)67-36(21-46(63)79)58-74-47(29(2)93-58)44(78)20-33(50(80)31-6-4-3-5-7-31)55-72-41(26-89-55)53(83)68-37(60(76)84)19-30-8-11-43(77)34(62)18-30/h3-11,18,23-28,33,36-37,45,49-50,77,80H,12-17,19-22,62H2,1-2H3,(H2,63,79)(H2,64,81)(H,65,85)(H,67,82)(H,68,83)/t28-,33-,36-,37-,45-,49-,50+/m0/s1. The molecule has 7 aromatic heterocycles. The minimum Gasteiger partial charge on any atom is -0.506 e.